The molecule has 4 saturated carbocycles. The Hall–Kier alpha value is -3.89. The number of carbonyl (C=O) groups excluding carboxylic acids is 5. The molecule has 6 unspecified atom stereocenters. The van der Waals surface area contributed by atoms with E-state index < -0.39 is 57.5 Å². The second kappa shape index (κ2) is 17.2. The van der Waals surface area contributed by atoms with Gasteiger partial charge in [-0.05, 0) is 107 Å². The molecule has 0 bridgehead atoms. The van der Waals surface area contributed by atoms with Crippen LogP contribution in [0.5, 0.6) is 0 Å². The van der Waals surface area contributed by atoms with Gasteiger partial charge in [-0.2, -0.15) is 12.7 Å². The summed E-state index contributed by atoms with van der Waals surface area (Å²) in [6, 6.07) is -2.86. The molecule has 7 fully saturated rings. The number of rotatable bonds is 13. The van der Waals surface area contributed by atoms with Gasteiger partial charge in [-0.25, -0.2) is 4.72 Å². The predicted octanol–water partition coefficient (Wildman–Crippen LogP) is 3.97. The molecular weight excluding hydrogens is 811 g/mol. The fraction of sp³-hybridized carbons (Fsp3) is 0.739. The first-order valence-corrected chi connectivity index (χ1v) is 24.7. The van der Waals surface area contributed by atoms with Crippen molar-refractivity contribution >= 4 is 46.0 Å². The minimum absolute atomic E-state index is 0.0353. The highest BCUT2D eigenvalue weighted by Crippen LogP contribution is 2.88. The Labute approximate surface area is 366 Å². The van der Waals surface area contributed by atoms with Crippen LogP contribution in [0.2, 0.25) is 0 Å². The quantitative estimate of drug-likeness (QED) is 0.200. The first-order valence-electron chi connectivity index (χ1n) is 23.3. The third-order valence-corrected chi connectivity index (χ3v) is 18.3. The number of amides is 5. The number of nitrogens with one attached hydrogen (secondary N) is 4. The molecule has 8 aliphatic rings. The average molecular weight is 878 g/mol. The van der Waals surface area contributed by atoms with Crippen molar-refractivity contribution in [3.63, 3.8) is 0 Å². The number of carbonyl (C=O) groups is 5. The Morgan fingerprint density at radius 1 is 0.903 bits per heavy atom. The van der Waals surface area contributed by atoms with Gasteiger partial charge in [0.1, 0.15) is 23.7 Å². The van der Waals surface area contributed by atoms with Crippen LogP contribution in [0.15, 0.2) is 41.1 Å². The van der Waals surface area contributed by atoms with Gasteiger partial charge < -0.3 is 25.6 Å². The normalized spacial score (nSPS) is 31.7. The zero-order chi connectivity index (χ0) is 44.1. The van der Waals surface area contributed by atoms with Crippen LogP contribution in [-0.4, -0.2) is 110 Å². The standard InChI is InChI=1S/C46H67N7O8S/c1-5-33-26-46(33,42(58)51-62(59,60)52-22-11-12-23-52)50-39(55)35-27-45(43(3,4)44(45)19-13-20-44)29-53(35)41(57)37(32-17-24-61-25-18-32)49-40(56)36(31-15-7-6-8-16-31)48-38(54)34-28-47-21-10-9-14-30(34)2/h5,10,21,28,31-33,35-37H,1,6-9,11-20,22-27,29H2,2-4H3,(H,48,54)(H,49,56)(H,50,55)(H,51,58). The third kappa shape index (κ3) is 7.77. The summed E-state index contributed by atoms with van der Waals surface area (Å²) in [5.41, 5.74) is -0.770. The molecule has 6 atom stereocenters. The summed E-state index contributed by atoms with van der Waals surface area (Å²) in [5.74, 6) is -3.40. The molecular formula is C46H67N7O8S. The molecule has 0 aromatic rings. The Morgan fingerprint density at radius 3 is 2.23 bits per heavy atom. The van der Waals surface area contributed by atoms with Gasteiger partial charge in [0.15, 0.2) is 0 Å². The molecule has 4 aliphatic heterocycles. The Morgan fingerprint density at radius 2 is 1.60 bits per heavy atom. The van der Waals surface area contributed by atoms with Gasteiger partial charge in [-0.3, -0.25) is 29.0 Å². The van der Waals surface area contributed by atoms with E-state index in [4.69, 9.17) is 4.74 Å². The molecule has 4 aliphatic carbocycles. The largest absolute Gasteiger partial charge is 0.381 e. The van der Waals surface area contributed by atoms with Crippen molar-refractivity contribution in [1.29, 1.82) is 0 Å². The van der Waals surface area contributed by atoms with Crippen LogP contribution in [0.1, 0.15) is 124 Å². The van der Waals surface area contributed by atoms with E-state index in [9.17, 15) is 27.6 Å². The molecule has 4 heterocycles. The number of likely N-dealkylation sites (tertiary alicyclic amines) is 1. The topological polar surface area (TPSA) is 196 Å². The maximum atomic E-state index is 15.5. The van der Waals surface area contributed by atoms with Gasteiger partial charge in [0, 0.05) is 56.6 Å². The molecule has 62 heavy (non-hydrogen) atoms. The van der Waals surface area contributed by atoms with Crippen molar-refractivity contribution in [3.8, 4) is 0 Å². The highest BCUT2D eigenvalue weighted by Gasteiger charge is 2.85. The summed E-state index contributed by atoms with van der Waals surface area (Å²) in [4.78, 5) is 79.1. The first-order chi connectivity index (χ1) is 29.6. The molecule has 0 aromatic heterocycles. The second-order valence-electron chi connectivity index (χ2n) is 20.1. The minimum Gasteiger partial charge on any atom is -0.381 e. The summed E-state index contributed by atoms with van der Waals surface area (Å²) in [5, 5.41) is 9.26. The van der Waals surface area contributed by atoms with Crippen LogP contribution >= 0.6 is 0 Å². The van der Waals surface area contributed by atoms with E-state index in [0.29, 0.717) is 76.9 Å². The predicted molar refractivity (Wildman–Crippen MR) is 233 cm³/mol. The van der Waals surface area contributed by atoms with Crippen LogP contribution in [0.4, 0.5) is 0 Å². The van der Waals surface area contributed by atoms with E-state index in [1.54, 1.807) is 23.4 Å². The molecule has 0 radical (unpaired) electrons. The van der Waals surface area contributed by atoms with Crippen LogP contribution in [-0.2, 0) is 38.9 Å². The summed E-state index contributed by atoms with van der Waals surface area (Å²) >= 11 is 0. The van der Waals surface area contributed by atoms with Gasteiger partial charge in [-0.1, -0.05) is 57.3 Å². The molecule has 340 valence electrons. The van der Waals surface area contributed by atoms with E-state index in [1.807, 2.05) is 13.0 Å². The maximum Gasteiger partial charge on any atom is 0.303 e. The summed E-state index contributed by atoms with van der Waals surface area (Å²) in [6.45, 7) is 12.0. The van der Waals surface area contributed by atoms with Gasteiger partial charge in [0.25, 0.3) is 11.8 Å². The Bertz CT molecular complexity index is 2030. The van der Waals surface area contributed by atoms with Crippen LogP contribution in [0.3, 0.4) is 0 Å². The zero-order valence-electron chi connectivity index (χ0n) is 36.8. The van der Waals surface area contributed by atoms with Crippen molar-refractivity contribution in [1.82, 2.24) is 29.9 Å². The van der Waals surface area contributed by atoms with Crippen molar-refractivity contribution in [2.75, 3.05) is 32.8 Å². The number of hydrogen-bond acceptors (Lipinski definition) is 9. The van der Waals surface area contributed by atoms with Gasteiger partial charge in [0.2, 0.25) is 17.7 Å². The van der Waals surface area contributed by atoms with E-state index >= 15 is 4.79 Å². The van der Waals surface area contributed by atoms with Crippen LogP contribution in [0, 0.1) is 34.0 Å². The maximum absolute atomic E-state index is 15.5. The first kappa shape index (κ1) is 44.7. The SMILES string of the molecule is C=CC1CC1(NC(=O)C1CC2(CN1C(=O)C(NC(=O)C(NC(=O)C1=C(C)CCC=CN=C1)C1CCCCC1)C1CCOCC1)C(C)(C)C21CCC1)C(=O)NS(=O)(=O)N1CCCC1. The number of aliphatic imine (C=N–C) groups is 1. The van der Waals surface area contributed by atoms with Crippen molar-refractivity contribution in [2.45, 2.75) is 147 Å². The highest BCUT2D eigenvalue weighted by atomic mass is 32.2. The fourth-order valence-corrected chi connectivity index (χ4v) is 13.9. The van der Waals surface area contributed by atoms with Crippen LogP contribution in [0.25, 0.3) is 0 Å². The lowest BCUT2D eigenvalue weighted by Gasteiger charge is -2.37. The van der Waals surface area contributed by atoms with Gasteiger partial charge in [-0.15, -0.1) is 6.58 Å². The minimum atomic E-state index is -4.12. The van der Waals surface area contributed by atoms with Crippen molar-refractivity contribution in [3.05, 3.63) is 36.1 Å². The zero-order valence-corrected chi connectivity index (χ0v) is 37.7. The molecule has 15 nitrogen and oxygen atoms in total. The number of ether oxygens (including phenoxy) is 1. The monoisotopic (exact) mass is 877 g/mol. The number of hydrogen-bond donors (Lipinski definition) is 4. The molecule has 5 amide bonds. The molecule has 8 rings (SSSR count). The highest BCUT2D eigenvalue weighted by molar-refractivity contribution is 7.87. The fourth-order valence-electron chi connectivity index (χ4n) is 12.6. The van der Waals surface area contributed by atoms with E-state index in [1.165, 1.54) is 4.31 Å². The molecule has 4 N–H and O–H groups in total. The van der Waals surface area contributed by atoms with Crippen LogP contribution < -0.4 is 20.7 Å². The van der Waals surface area contributed by atoms with Crippen molar-refractivity contribution in [2.24, 2.45) is 39.0 Å². The second-order valence-corrected chi connectivity index (χ2v) is 21.7. The van der Waals surface area contributed by atoms with E-state index in [2.05, 4.69) is 46.1 Å². The lowest BCUT2D eigenvalue weighted by molar-refractivity contribution is -0.145. The Balaban J connectivity index is 1.08. The van der Waals surface area contributed by atoms with Crippen molar-refractivity contribution < 1.29 is 37.1 Å². The van der Waals surface area contributed by atoms with E-state index in [-0.39, 0.29) is 46.3 Å². The molecule has 3 saturated heterocycles. The van der Waals surface area contributed by atoms with E-state index in [0.717, 1.165) is 63.4 Å². The number of fused-ring (bicyclic) bond motifs is 1. The Kier molecular flexibility index (Phi) is 12.4. The average Bonchev–Trinajstić information content (AvgIpc) is 3.69. The lowest BCUT2D eigenvalue weighted by Crippen LogP contribution is -2.61. The lowest BCUT2D eigenvalue weighted by atomic mass is 9.73. The smallest absolute Gasteiger partial charge is 0.303 e. The molecule has 0 aromatic carbocycles. The molecule has 2 spiro atoms. The number of allylic oxidation sites excluding steroid dienone is 2. The molecule has 16 heteroatoms. The summed E-state index contributed by atoms with van der Waals surface area (Å²) in [6.07, 6.45) is 18.7. The summed E-state index contributed by atoms with van der Waals surface area (Å²) < 4.78 is 35.7. The third-order valence-electron chi connectivity index (χ3n) is 16.9. The van der Waals surface area contributed by atoms with Gasteiger partial charge in [0.05, 0.1) is 5.57 Å². The summed E-state index contributed by atoms with van der Waals surface area (Å²) in [7, 11) is -4.12. The van der Waals surface area contributed by atoms with Gasteiger partial charge >= 0.3 is 10.2 Å². The number of nitrogens with zero attached hydrogens (tertiary/aromatic N) is 3.